The van der Waals surface area contributed by atoms with E-state index in [1.165, 1.54) is 12.3 Å². The van der Waals surface area contributed by atoms with Crippen LogP contribution in [-0.2, 0) is 26.4 Å². The van der Waals surface area contributed by atoms with E-state index in [0.717, 1.165) is 52.2 Å². The molecular formula is C21H21N3O4. The molecule has 28 heavy (non-hydrogen) atoms. The molecule has 3 aromatic rings. The molecule has 0 aliphatic carbocycles. The summed E-state index contributed by atoms with van der Waals surface area (Å²) in [5, 5.41) is 13.8. The van der Waals surface area contributed by atoms with E-state index in [4.69, 9.17) is 4.74 Å². The Balaban J connectivity index is 2.03. The zero-order chi connectivity index (χ0) is 20.0. The number of rotatable bonds is 4. The molecule has 0 radical (unpaired) electrons. The fourth-order valence-corrected chi connectivity index (χ4v) is 4.01. The van der Waals surface area contributed by atoms with Crippen molar-refractivity contribution in [3.8, 4) is 28.3 Å². The van der Waals surface area contributed by atoms with Crippen LogP contribution in [0.1, 0.15) is 28.4 Å². The van der Waals surface area contributed by atoms with Gasteiger partial charge < -0.3 is 14.4 Å². The van der Waals surface area contributed by atoms with Crippen LogP contribution in [0.15, 0.2) is 35.4 Å². The van der Waals surface area contributed by atoms with Gasteiger partial charge in [0.2, 0.25) is 0 Å². The minimum atomic E-state index is -1.20. The molecule has 1 aliphatic heterocycles. The standard InChI is InChI=1S/C21H21N3O4/c1-4-12-13-5-8-24-11-16(21(26)27)19(25)10-18(24)14(13)9-15(20(12)28-3)17-6-7-23(2)22-17/h6-7,9-11H,4-5,8H2,1-3H3,(H,26,27). The third-order valence-electron chi connectivity index (χ3n) is 5.28. The summed E-state index contributed by atoms with van der Waals surface area (Å²) >= 11 is 0. The minimum absolute atomic E-state index is 0.207. The Morgan fingerprint density at radius 1 is 1.32 bits per heavy atom. The van der Waals surface area contributed by atoms with Gasteiger partial charge in [0.1, 0.15) is 11.3 Å². The lowest BCUT2D eigenvalue weighted by Gasteiger charge is -2.27. The molecule has 0 atom stereocenters. The molecule has 1 aromatic carbocycles. The third-order valence-corrected chi connectivity index (χ3v) is 5.28. The van der Waals surface area contributed by atoms with Crippen molar-refractivity contribution in [3.63, 3.8) is 0 Å². The second kappa shape index (κ2) is 6.67. The second-order valence-electron chi connectivity index (χ2n) is 6.88. The molecule has 3 heterocycles. The molecule has 0 saturated carbocycles. The maximum absolute atomic E-state index is 12.3. The normalized spacial score (nSPS) is 12.4. The van der Waals surface area contributed by atoms with Gasteiger partial charge in [0.25, 0.3) is 0 Å². The number of fused-ring (bicyclic) bond motifs is 3. The van der Waals surface area contributed by atoms with Crippen LogP contribution in [0.5, 0.6) is 5.75 Å². The average Bonchev–Trinajstić information content (AvgIpc) is 3.11. The van der Waals surface area contributed by atoms with Crippen molar-refractivity contribution >= 4 is 5.97 Å². The number of carbonyl (C=O) groups is 1. The predicted molar refractivity (Wildman–Crippen MR) is 105 cm³/mol. The third kappa shape index (κ3) is 2.70. The Labute approximate surface area is 161 Å². The van der Waals surface area contributed by atoms with Gasteiger partial charge >= 0.3 is 5.97 Å². The Morgan fingerprint density at radius 2 is 2.11 bits per heavy atom. The Kier molecular flexibility index (Phi) is 4.30. The van der Waals surface area contributed by atoms with Crippen LogP contribution in [0.3, 0.4) is 0 Å². The number of ether oxygens (including phenoxy) is 1. The van der Waals surface area contributed by atoms with E-state index in [2.05, 4.69) is 12.0 Å². The van der Waals surface area contributed by atoms with Crippen molar-refractivity contribution in [2.24, 2.45) is 7.05 Å². The molecule has 0 saturated heterocycles. The van der Waals surface area contributed by atoms with E-state index in [1.807, 2.05) is 29.9 Å². The maximum Gasteiger partial charge on any atom is 0.341 e. The van der Waals surface area contributed by atoms with Crippen molar-refractivity contribution in [3.05, 3.63) is 57.5 Å². The SMILES string of the molecule is CCc1c2c(cc(-c3ccn(C)n3)c1OC)-c1cc(=O)c(C(=O)O)cn1CC2. The van der Waals surface area contributed by atoms with E-state index >= 15 is 0 Å². The van der Waals surface area contributed by atoms with Crippen LogP contribution in [-0.4, -0.2) is 32.5 Å². The highest BCUT2D eigenvalue weighted by atomic mass is 16.5. The molecule has 1 N–H and O–H groups in total. The van der Waals surface area contributed by atoms with Crippen molar-refractivity contribution in [1.82, 2.24) is 14.3 Å². The van der Waals surface area contributed by atoms with Crippen LogP contribution in [0.4, 0.5) is 0 Å². The highest BCUT2D eigenvalue weighted by Gasteiger charge is 2.26. The zero-order valence-corrected chi connectivity index (χ0v) is 16.0. The Morgan fingerprint density at radius 3 is 2.71 bits per heavy atom. The number of aromatic carboxylic acids is 1. The number of nitrogens with zero attached hydrogens (tertiary/aromatic N) is 3. The highest BCUT2D eigenvalue weighted by molar-refractivity contribution is 5.88. The minimum Gasteiger partial charge on any atom is -0.496 e. The van der Waals surface area contributed by atoms with Gasteiger partial charge in [0.15, 0.2) is 5.43 Å². The summed E-state index contributed by atoms with van der Waals surface area (Å²) in [6.45, 7) is 2.69. The molecule has 4 rings (SSSR count). The molecule has 0 amide bonds. The summed E-state index contributed by atoms with van der Waals surface area (Å²) in [5.41, 5.74) is 4.86. The smallest absolute Gasteiger partial charge is 0.341 e. The van der Waals surface area contributed by atoms with E-state index < -0.39 is 11.4 Å². The number of carboxylic acid groups (broad SMARTS) is 1. The van der Waals surface area contributed by atoms with Gasteiger partial charge in [-0.2, -0.15) is 5.10 Å². The van der Waals surface area contributed by atoms with E-state index in [9.17, 15) is 14.7 Å². The van der Waals surface area contributed by atoms with Gasteiger partial charge in [-0.25, -0.2) is 4.79 Å². The summed E-state index contributed by atoms with van der Waals surface area (Å²) in [7, 11) is 3.52. The molecule has 7 nitrogen and oxygen atoms in total. The van der Waals surface area contributed by atoms with Gasteiger partial charge in [-0.3, -0.25) is 9.48 Å². The van der Waals surface area contributed by atoms with Crippen molar-refractivity contribution in [1.29, 1.82) is 0 Å². The summed E-state index contributed by atoms with van der Waals surface area (Å²) in [5.74, 6) is -0.401. The maximum atomic E-state index is 12.3. The molecule has 7 heteroatoms. The lowest BCUT2D eigenvalue weighted by Crippen LogP contribution is -2.22. The Bertz CT molecular complexity index is 1160. The topological polar surface area (TPSA) is 86.3 Å². The number of hydrogen-bond donors (Lipinski definition) is 1. The fraction of sp³-hybridized carbons (Fsp3) is 0.286. The van der Waals surface area contributed by atoms with E-state index in [1.54, 1.807) is 11.8 Å². The first kappa shape index (κ1) is 18.0. The van der Waals surface area contributed by atoms with E-state index in [-0.39, 0.29) is 5.56 Å². The van der Waals surface area contributed by atoms with E-state index in [0.29, 0.717) is 6.54 Å². The number of benzene rings is 1. The molecule has 0 spiro atoms. The molecule has 2 aromatic heterocycles. The van der Waals surface area contributed by atoms with Crippen LogP contribution in [0.2, 0.25) is 0 Å². The first-order valence-corrected chi connectivity index (χ1v) is 9.15. The average molecular weight is 379 g/mol. The Hall–Kier alpha value is -3.35. The number of carboxylic acids is 1. The predicted octanol–water partition coefficient (Wildman–Crippen LogP) is 2.74. The first-order valence-electron chi connectivity index (χ1n) is 9.15. The lowest BCUT2D eigenvalue weighted by atomic mass is 9.87. The van der Waals surface area contributed by atoms with Gasteiger partial charge in [-0.05, 0) is 36.1 Å². The molecular weight excluding hydrogens is 358 g/mol. The van der Waals surface area contributed by atoms with Gasteiger partial charge in [-0.15, -0.1) is 0 Å². The van der Waals surface area contributed by atoms with Crippen LogP contribution in [0.25, 0.3) is 22.5 Å². The molecule has 0 bridgehead atoms. The van der Waals surface area contributed by atoms with Crippen molar-refractivity contribution in [2.45, 2.75) is 26.3 Å². The van der Waals surface area contributed by atoms with Gasteiger partial charge in [0, 0.05) is 43.2 Å². The molecule has 144 valence electrons. The molecule has 0 fully saturated rings. The number of aryl methyl sites for hydroxylation is 2. The van der Waals surface area contributed by atoms with Crippen LogP contribution in [0, 0.1) is 0 Å². The first-order chi connectivity index (χ1) is 13.4. The lowest BCUT2D eigenvalue weighted by molar-refractivity contribution is 0.0694. The zero-order valence-electron chi connectivity index (χ0n) is 16.0. The van der Waals surface area contributed by atoms with Gasteiger partial charge in [-0.1, -0.05) is 6.92 Å². The number of pyridine rings is 1. The summed E-state index contributed by atoms with van der Waals surface area (Å²) in [6.07, 6.45) is 4.84. The quantitative estimate of drug-likeness (QED) is 0.753. The summed E-state index contributed by atoms with van der Waals surface area (Å²) < 4.78 is 9.35. The van der Waals surface area contributed by atoms with Crippen molar-refractivity contribution < 1.29 is 14.6 Å². The second-order valence-corrected chi connectivity index (χ2v) is 6.88. The largest absolute Gasteiger partial charge is 0.496 e. The van der Waals surface area contributed by atoms with Crippen LogP contribution >= 0.6 is 0 Å². The monoisotopic (exact) mass is 379 g/mol. The van der Waals surface area contributed by atoms with Crippen molar-refractivity contribution in [2.75, 3.05) is 7.11 Å². The highest BCUT2D eigenvalue weighted by Crippen LogP contribution is 2.42. The number of hydrogen-bond acceptors (Lipinski definition) is 4. The summed E-state index contributed by atoms with van der Waals surface area (Å²) in [4.78, 5) is 23.7. The number of methoxy groups -OCH3 is 1. The fourth-order valence-electron chi connectivity index (χ4n) is 4.01. The summed E-state index contributed by atoms with van der Waals surface area (Å²) in [6, 6.07) is 5.35. The van der Waals surface area contributed by atoms with Gasteiger partial charge in [0.05, 0.1) is 18.5 Å². The molecule has 0 unspecified atom stereocenters. The molecule has 1 aliphatic rings. The van der Waals surface area contributed by atoms with Crippen LogP contribution < -0.4 is 10.2 Å². The number of aromatic nitrogens is 3.